The Bertz CT molecular complexity index is 1860. The van der Waals surface area contributed by atoms with Crippen molar-refractivity contribution >= 4 is 57.2 Å². The number of carbonyl (C=O) groups excluding carboxylic acids is 2. The van der Waals surface area contributed by atoms with Gasteiger partial charge in [0, 0.05) is 34.3 Å². The third kappa shape index (κ3) is 8.87. The van der Waals surface area contributed by atoms with E-state index in [0.717, 1.165) is 33.6 Å². The molecular formula is C35H31N3O6S2. The molecule has 0 aliphatic carbocycles. The van der Waals surface area contributed by atoms with Crippen LogP contribution in [0, 0.1) is 37.0 Å². The number of fused-ring (bicyclic) bond motifs is 2. The maximum atomic E-state index is 13.4. The molecule has 2 heterocycles. The Morgan fingerprint density at radius 2 is 1.39 bits per heavy atom. The second kappa shape index (κ2) is 15.9. The monoisotopic (exact) mass is 653 g/mol. The molecule has 4 rings (SSSR count). The molecule has 0 saturated heterocycles. The third-order valence-corrected chi connectivity index (χ3v) is 7.98. The molecule has 3 atom stereocenters. The maximum absolute atomic E-state index is 13.4. The van der Waals surface area contributed by atoms with Crippen molar-refractivity contribution < 1.29 is 28.5 Å². The Morgan fingerprint density at radius 3 is 1.89 bits per heavy atom. The molecule has 0 aliphatic rings. The van der Waals surface area contributed by atoms with Gasteiger partial charge in [-0.25, -0.2) is 4.79 Å². The first-order valence-electron chi connectivity index (χ1n) is 13.8. The van der Waals surface area contributed by atoms with Crippen molar-refractivity contribution in [1.29, 1.82) is 0 Å². The standard InChI is InChI=1S/C35H31N3O6S2/c1-7-14-41-21-35(4,38-31(39)33(45-5)43-27-10-12-29-25(17-27)15-23(8-2)19-36-29)22-42-32(40)34(46-6)44-28-11-13-30-26(18-28)16-24(9-3)20-37-30/h1-3,10-13,15-20,33-34H,14,21-22H2,4-6H3,(H,38,39). The minimum Gasteiger partial charge on any atom is -0.470 e. The van der Waals surface area contributed by atoms with Gasteiger partial charge < -0.3 is 24.3 Å². The van der Waals surface area contributed by atoms with Crippen LogP contribution in [-0.4, -0.2) is 70.6 Å². The van der Waals surface area contributed by atoms with Gasteiger partial charge in [-0.3, -0.25) is 14.8 Å². The second-order valence-corrected chi connectivity index (χ2v) is 12.0. The van der Waals surface area contributed by atoms with Gasteiger partial charge in [0.2, 0.25) is 10.9 Å². The molecule has 0 fully saturated rings. The number of nitrogens with one attached hydrogen (secondary N) is 1. The van der Waals surface area contributed by atoms with Crippen molar-refractivity contribution in [2.75, 3.05) is 32.3 Å². The molecule has 1 amide bonds. The van der Waals surface area contributed by atoms with Crippen LogP contribution < -0.4 is 14.8 Å². The van der Waals surface area contributed by atoms with E-state index in [2.05, 4.69) is 33.0 Å². The van der Waals surface area contributed by atoms with Gasteiger partial charge in [-0.1, -0.05) is 17.8 Å². The second-order valence-electron chi connectivity index (χ2n) is 10.2. The number of thioether (sulfide) groups is 2. The van der Waals surface area contributed by atoms with Gasteiger partial charge in [0.15, 0.2) is 0 Å². The van der Waals surface area contributed by atoms with Crippen LogP contribution in [0.25, 0.3) is 21.8 Å². The van der Waals surface area contributed by atoms with Crippen molar-refractivity contribution in [2.24, 2.45) is 0 Å². The van der Waals surface area contributed by atoms with Crippen molar-refractivity contribution in [3.05, 3.63) is 72.1 Å². The number of esters is 1. The minimum atomic E-state index is -1.15. The van der Waals surface area contributed by atoms with Gasteiger partial charge in [0.25, 0.3) is 5.91 Å². The largest absolute Gasteiger partial charge is 0.470 e. The number of benzene rings is 2. The summed E-state index contributed by atoms with van der Waals surface area (Å²) in [5, 5.41) is 4.45. The van der Waals surface area contributed by atoms with Crippen LogP contribution in [-0.2, 0) is 19.1 Å². The quantitative estimate of drug-likeness (QED) is 0.0895. The zero-order chi connectivity index (χ0) is 33.1. The lowest BCUT2D eigenvalue weighted by molar-refractivity contribution is -0.151. The first kappa shape index (κ1) is 34.0. The number of aromatic nitrogens is 2. The molecule has 0 aliphatic heterocycles. The Kier molecular flexibility index (Phi) is 11.8. The molecule has 3 unspecified atom stereocenters. The van der Waals surface area contributed by atoms with E-state index in [0.29, 0.717) is 22.6 Å². The highest BCUT2D eigenvalue weighted by Gasteiger charge is 2.34. The van der Waals surface area contributed by atoms with E-state index in [1.165, 1.54) is 11.8 Å². The van der Waals surface area contributed by atoms with E-state index in [4.69, 9.17) is 38.2 Å². The van der Waals surface area contributed by atoms with Crippen LogP contribution >= 0.6 is 23.5 Å². The summed E-state index contributed by atoms with van der Waals surface area (Å²) >= 11 is 2.35. The normalized spacial score (nSPS) is 13.3. The number of hydrogen-bond acceptors (Lipinski definition) is 10. The lowest BCUT2D eigenvalue weighted by atomic mass is 10.1. The number of terminal acetylenes is 3. The zero-order valence-corrected chi connectivity index (χ0v) is 27.1. The fourth-order valence-corrected chi connectivity index (χ4v) is 5.22. The first-order valence-corrected chi connectivity index (χ1v) is 16.4. The van der Waals surface area contributed by atoms with E-state index in [1.54, 1.807) is 68.2 Å². The molecule has 2 aromatic carbocycles. The number of rotatable bonds is 14. The summed E-state index contributed by atoms with van der Waals surface area (Å²) in [6.07, 6.45) is 23.0. The molecule has 234 valence electrons. The molecule has 1 N–H and O–H groups in total. The summed E-state index contributed by atoms with van der Waals surface area (Å²) < 4.78 is 23.2. The number of carbonyl (C=O) groups is 2. The van der Waals surface area contributed by atoms with Gasteiger partial charge >= 0.3 is 5.97 Å². The lowest BCUT2D eigenvalue weighted by Crippen LogP contribution is -2.56. The lowest BCUT2D eigenvalue weighted by Gasteiger charge is -2.31. The molecule has 0 bridgehead atoms. The SMILES string of the molecule is C#CCOCC(C)(COC(=O)C(Oc1ccc2ncc(C#C)cc2c1)SC)NC(=O)C(Oc1ccc2ncc(C#C)cc2c1)SC. The summed E-state index contributed by atoms with van der Waals surface area (Å²) in [4.78, 5) is 35.3. The van der Waals surface area contributed by atoms with Gasteiger partial charge in [-0.2, -0.15) is 0 Å². The Labute approximate surface area is 276 Å². The van der Waals surface area contributed by atoms with Crippen molar-refractivity contribution in [1.82, 2.24) is 15.3 Å². The van der Waals surface area contributed by atoms with Crippen LogP contribution in [0.3, 0.4) is 0 Å². The Hall–Kier alpha value is -4.86. The molecule has 46 heavy (non-hydrogen) atoms. The maximum Gasteiger partial charge on any atom is 0.358 e. The minimum absolute atomic E-state index is 0.00138. The van der Waals surface area contributed by atoms with Crippen LogP contribution in [0.4, 0.5) is 0 Å². The van der Waals surface area contributed by atoms with Crippen molar-refractivity contribution in [2.45, 2.75) is 23.3 Å². The molecule has 0 spiro atoms. The van der Waals surface area contributed by atoms with Gasteiger partial charge in [-0.05, 0) is 68.0 Å². The van der Waals surface area contributed by atoms with Crippen molar-refractivity contribution in [3.63, 3.8) is 0 Å². The summed E-state index contributed by atoms with van der Waals surface area (Å²) in [6.45, 7) is 1.42. The highest BCUT2D eigenvalue weighted by molar-refractivity contribution is 8.00. The predicted octanol–water partition coefficient (Wildman–Crippen LogP) is 4.65. The molecule has 9 nitrogen and oxygen atoms in total. The first-order chi connectivity index (χ1) is 22.2. The third-order valence-electron chi connectivity index (χ3n) is 6.52. The fourth-order valence-electron chi connectivity index (χ4n) is 4.28. The zero-order valence-electron chi connectivity index (χ0n) is 25.4. The highest BCUT2D eigenvalue weighted by Crippen LogP contribution is 2.25. The molecule has 0 saturated carbocycles. The molecule has 11 heteroatoms. The van der Waals surface area contributed by atoms with Crippen LogP contribution in [0.1, 0.15) is 18.1 Å². The van der Waals surface area contributed by atoms with Gasteiger partial charge in [-0.15, -0.1) is 42.8 Å². The molecule has 4 aromatic rings. The number of pyridine rings is 2. The summed E-state index contributed by atoms with van der Waals surface area (Å²) in [7, 11) is 0. The number of nitrogens with zero attached hydrogens (tertiary/aromatic N) is 2. The van der Waals surface area contributed by atoms with Gasteiger partial charge in [0.1, 0.15) is 24.7 Å². The van der Waals surface area contributed by atoms with Crippen LogP contribution in [0.2, 0.25) is 0 Å². The van der Waals surface area contributed by atoms with E-state index in [-0.39, 0.29) is 19.8 Å². The topological polar surface area (TPSA) is 109 Å². The van der Waals surface area contributed by atoms with E-state index in [1.807, 2.05) is 12.1 Å². The Balaban J connectivity index is 1.43. The number of ether oxygens (including phenoxy) is 4. The molecule has 0 radical (unpaired) electrons. The number of hydrogen-bond donors (Lipinski definition) is 1. The van der Waals surface area contributed by atoms with E-state index >= 15 is 0 Å². The van der Waals surface area contributed by atoms with Crippen molar-refractivity contribution in [3.8, 4) is 48.5 Å². The fraction of sp³-hybridized carbons (Fsp3) is 0.257. The average molecular weight is 654 g/mol. The van der Waals surface area contributed by atoms with Gasteiger partial charge in [0.05, 0.1) is 23.2 Å². The average Bonchev–Trinajstić information content (AvgIpc) is 3.07. The summed E-state index contributed by atoms with van der Waals surface area (Å²) in [5.74, 6) is 7.30. The smallest absolute Gasteiger partial charge is 0.358 e. The van der Waals surface area contributed by atoms with Crippen LogP contribution in [0.15, 0.2) is 60.9 Å². The highest BCUT2D eigenvalue weighted by atomic mass is 32.2. The Morgan fingerprint density at radius 1 is 0.848 bits per heavy atom. The van der Waals surface area contributed by atoms with Crippen LogP contribution in [0.5, 0.6) is 11.5 Å². The predicted molar refractivity (Wildman–Crippen MR) is 182 cm³/mol. The molecular weight excluding hydrogens is 623 g/mol. The van der Waals surface area contributed by atoms with E-state index < -0.39 is 28.3 Å². The summed E-state index contributed by atoms with van der Waals surface area (Å²) in [5.41, 5.74) is -0.365. The summed E-state index contributed by atoms with van der Waals surface area (Å²) in [6, 6.07) is 14.1. The number of amides is 1. The van der Waals surface area contributed by atoms with E-state index in [9.17, 15) is 9.59 Å². The molecule has 2 aromatic heterocycles.